The molecule has 0 amide bonds. The summed E-state index contributed by atoms with van der Waals surface area (Å²) in [5.41, 5.74) is 0. The Morgan fingerprint density at radius 3 is 0.556 bits per heavy atom. The van der Waals surface area contributed by atoms with Crippen molar-refractivity contribution in [2.75, 3.05) is 0 Å². The van der Waals surface area contributed by atoms with Gasteiger partial charge >= 0.3 is 47.7 Å². The van der Waals surface area contributed by atoms with E-state index in [0.29, 0.717) is 0 Å². The molecule has 0 unspecified atom stereocenters. The molecule has 0 saturated heterocycles. The quantitative estimate of drug-likeness (QED) is 0.271. The summed E-state index contributed by atoms with van der Waals surface area (Å²) in [5.74, 6) is -4.33. The Labute approximate surface area is 138 Å². The summed E-state index contributed by atoms with van der Waals surface area (Å²) in [6.45, 7) is 3.89. The number of carboxylic acids is 4. The summed E-state index contributed by atoms with van der Waals surface area (Å²) in [6.07, 6.45) is 0. The van der Waals surface area contributed by atoms with Crippen molar-refractivity contribution >= 4 is 51.2 Å². The largest absolute Gasteiger partial charge is 2.00 e. The molecular weight excluding hydrogens is 538 g/mol. The van der Waals surface area contributed by atoms with Crippen molar-refractivity contribution in [1.82, 2.24) is 0 Å². The summed E-state index contributed by atoms with van der Waals surface area (Å²) in [6, 6.07) is 0. The molecule has 0 N–H and O–H groups in total. The first-order chi connectivity index (χ1) is 6.93. The topological polar surface area (TPSA) is 161 Å². The fourth-order valence-electron chi connectivity index (χ4n) is 0. The smallest absolute Gasteiger partial charge is 0.550 e. The number of hydrogen-bond donors (Lipinski definition) is 0. The fraction of sp³-hybridized carbons (Fsp3) is 0.500. The zero-order chi connectivity index (χ0) is 14.3. The van der Waals surface area contributed by atoms with Crippen LogP contribution in [0, 0.1) is 0 Å². The van der Waals surface area contributed by atoms with Crippen LogP contribution in [0.4, 0.5) is 0 Å². The Balaban J connectivity index is -0.0000000257. The van der Waals surface area contributed by atoms with Gasteiger partial charge in [0.25, 0.3) is 0 Å². The van der Waals surface area contributed by atoms with E-state index in [1.165, 1.54) is 0 Å². The molecule has 0 spiro atoms. The van der Waals surface area contributed by atoms with Crippen molar-refractivity contribution in [3.63, 3.8) is 0 Å². The third-order valence-corrected chi connectivity index (χ3v) is 0. The van der Waals surface area contributed by atoms with Gasteiger partial charge in [0.2, 0.25) is 0 Å². The maximum Gasteiger partial charge on any atom is 2.00 e. The van der Waals surface area contributed by atoms with E-state index in [-0.39, 0.29) is 47.7 Å². The second-order valence-corrected chi connectivity index (χ2v) is 1.97. The number of carbonyl (C=O) groups excluding carboxylic acids is 4. The van der Waals surface area contributed by atoms with Crippen LogP contribution in [-0.4, -0.2) is 51.2 Å². The maximum absolute atomic E-state index is 8.89. The molecular formula is C8H12O8PbPd. The van der Waals surface area contributed by atoms with E-state index in [9.17, 15) is 0 Å². The fourth-order valence-corrected chi connectivity index (χ4v) is 0. The van der Waals surface area contributed by atoms with Crippen LogP contribution in [0.15, 0.2) is 0 Å². The van der Waals surface area contributed by atoms with Crippen molar-refractivity contribution in [1.29, 1.82) is 0 Å². The average Bonchev–Trinajstić information content (AvgIpc) is 1.76. The van der Waals surface area contributed by atoms with Crippen LogP contribution in [0.1, 0.15) is 27.7 Å². The first kappa shape index (κ1) is 36.0. The van der Waals surface area contributed by atoms with Crippen LogP contribution in [0.2, 0.25) is 0 Å². The Kier molecular flexibility index (Phi) is 59.9. The summed E-state index contributed by atoms with van der Waals surface area (Å²) in [5, 5.41) is 35.6. The zero-order valence-electron chi connectivity index (χ0n) is 10.1. The third kappa shape index (κ3) is 11300. The van der Waals surface area contributed by atoms with Crippen LogP contribution in [0.3, 0.4) is 0 Å². The minimum atomic E-state index is -1.08. The molecule has 0 aromatic rings. The number of hydrogen-bond acceptors (Lipinski definition) is 8. The predicted molar refractivity (Wildman–Crippen MR) is 48.5 cm³/mol. The second-order valence-electron chi connectivity index (χ2n) is 1.97. The Morgan fingerprint density at radius 2 is 0.556 bits per heavy atom. The molecule has 10 heteroatoms. The molecule has 0 saturated carbocycles. The molecule has 0 aliphatic rings. The summed E-state index contributed by atoms with van der Waals surface area (Å²) >= 11 is 0. The second kappa shape index (κ2) is 30.0. The summed E-state index contributed by atoms with van der Waals surface area (Å²) in [4.78, 5) is 35.6. The van der Waals surface area contributed by atoms with Gasteiger partial charge in [0, 0.05) is 23.9 Å². The van der Waals surface area contributed by atoms with Crippen molar-refractivity contribution in [2.24, 2.45) is 0 Å². The molecule has 0 aromatic heterocycles. The molecule has 0 atom stereocenters. The SMILES string of the molecule is CC(=O)[O-].CC(=O)[O-].CC(=O)[O-].CC(=O)[O-].[Pb+2].[Pd+2]. The van der Waals surface area contributed by atoms with E-state index in [1.807, 2.05) is 0 Å². The van der Waals surface area contributed by atoms with Gasteiger partial charge in [0.05, 0.1) is 0 Å². The van der Waals surface area contributed by atoms with Gasteiger partial charge in [-0.05, 0) is 27.7 Å². The Morgan fingerprint density at radius 1 is 0.556 bits per heavy atom. The van der Waals surface area contributed by atoms with Crippen molar-refractivity contribution < 1.29 is 60.0 Å². The van der Waals surface area contributed by atoms with Gasteiger partial charge in [-0.1, -0.05) is 0 Å². The van der Waals surface area contributed by atoms with Crippen LogP contribution >= 0.6 is 0 Å². The van der Waals surface area contributed by atoms with Gasteiger partial charge in [-0.3, -0.25) is 0 Å². The van der Waals surface area contributed by atoms with E-state index in [2.05, 4.69) is 0 Å². The van der Waals surface area contributed by atoms with Gasteiger partial charge in [0.1, 0.15) is 0 Å². The van der Waals surface area contributed by atoms with E-state index in [1.54, 1.807) is 0 Å². The van der Waals surface area contributed by atoms with Crippen LogP contribution in [0.25, 0.3) is 0 Å². The summed E-state index contributed by atoms with van der Waals surface area (Å²) < 4.78 is 0. The number of carboxylic acid groups (broad SMARTS) is 4. The Hall–Kier alpha value is -0.536. The predicted octanol–water partition coefficient (Wildman–Crippen LogP) is -5.36. The van der Waals surface area contributed by atoms with Crippen molar-refractivity contribution in [2.45, 2.75) is 27.7 Å². The third-order valence-electron chi connectivity index (χ3n) is 0. The molecule has 0 aliphatic heterocycles. The standard InChI is InChI=1S/4C2H4O2.Pb.Pd/c4*1-2(3)4;;/h4*1H3,(H,3,4);;/q;;;;2*+2/p-4. The molecule has 0 heterocycles. The number of rotatable bonds is 0. The molecule has 0 bridgehead atoms. The van der Waals surface area contributed by atoms with Crippen LogP contribution < -0.4 is 20.4 Å². The minimum absolute atomic E-state index is 0. The molecule has 18 heavy (non-hydrogen) atoms. The molecule has 0 aliphatic carbocycles. The average molecular weight is 550 g/mol. The zero-order valence-corrected chi connectivity index (χ0v) is 15.5. The number of carbonyl (C=O) groups is 4. The van der Waals surface area contributed by atoms with E-state index in [4.69, 9.17) is 39.6 Å². The van der Waals surface area contributed by atoms with E-state index >= 15 is 0 Å². The molecule has 0 rings (SSSR count). The molecule has 8 nitrogen and oxygen atoms in total. The Bertz CT molecular complexity index is 167. The van der Waals surface area contributed by atoms with Gasteiger partial charge < -0.3 is 39.6 Å². The molecule has 0 fully saturated rings. The van der Waals surface area contributed by atoms with Crippen molar-refractivity contribution in [3.8, 4) is 0 Å². The molecule has 0 aromatic carbocycles. The first-order valence-corrected chi connectivity index (χ1v) is 3.63. The van der Waals surface area contributed by atoms with Crippen LogP contribution in [-0.2, 0) is 39.6 Å². The van der Waals surface area contributed by atoms with Gasteiger partial charge in [-0.2, -0.15) is 0 Å². The van der Waals surface area contributed by atoms with Crippen LogP contribution in [0.5, 0.6) is 0 Å². The van der Waals surface area contributed by atoms with Gasteiger partial charge in [-0.25, -0.2) is 0 Å². The van der Waals surface area contributed by atoms with E-state index < -0.39 is 23.9 Å². The monoisotopic (exact) mass is 550 g/mol. The van der Waals surface area contributed by atoms with Gasteiger partial charge in [0.15, 0.2) is 0 Å². The molecule has 2 radical (unpaired) electrons. The maximum atomic E-state index is 8.89. The van der Waals surface area contributed by atoms with Crippen molar-refractivity contribution in [3.05, 3.63) is 0 Å². The van der Waals surface area contributed by atoms with E-state index in [0.717, 1.165) is 27.7 Å². The first-order valence-electron chi connectivity index (χ1n) is 3.63. The molecule has 106 valence electrons. The summed E-state index contributed by atoms with van der Waals surface area (Å²) in [7, 11) is 0. The van der Waals surface area contributed by atoms with Gasteiger partial charge in [-0.15, -0.1) is 0 Å². The number of aliphatic carboxylic acids is 4. The minimum Gasteiger partial charge on any atom is -0.550 e. The normalized spacial score (nSPS) is 5.56.